The topological polar surface area (TPSA) is 96.7 Å². The van der Waals surface area contributed by atoms with Gasteiger partial charge in [-0.1, -0.05) is 12.1 Å². The highest BCUT2D eigenvalue weighted by Crippen LogP contribution is 2.01. The van der Waals surface area contributed by atoms with E-state index in [-0.39, 0.29) is 18.3 Å². The van der Waals surface area contributed by atoms with Gasteiger partial charge in [0.05, 0.1) is 12.2 Å². The number of aromatic amines is 1. The van der Waals surface area contributed by atoms with Crippen molar-refractivity contribution in [1.82, 2.24) is 25.7 Å². The Morgan fingerprint density at radius 1 is 1.59 bits per heavy atom. The molecule has 2 heterocycles. The van der Waals surface area contributed by atoms with Crippen LogP contribution >= 0.6 is 0 Å². The van der Waals surface area contributed by atoms with Crippen LogP contribution in [-0.4, -0.2) is 26.2 Å². The minimum atomic E-state index is -0.338. The minimum absolute atomic E-state index is 0.137. The Labute approximate surface area is 97.6 Å². The van der Waals surface area contributed by atoms with E-state index in [0.29, 0.717) is 18.0 Å². The van der Waals surface area contributed by atoms with E-state index in [1.54, 1.807) is 6.07 Å². The molecule has 0 aromatic carbocycles. The number of rotatable bonds is 4. The van der Waals surface area contributed by atoms with Gasteiger partial charge >= 0.3 is 0 Å². The van der Waals surface area contributed by atoms with E-state index in [1.807, 2.05) is 13.8 Å². The number of carbonyl (C=O) groups is 1. The van der Waals surface area contributed by atoms with E-state index < -0.39 is 0 Å². The summed E-state index contributed by atoms with van der Waals surface area (Å²) < 4.78 is 4.96. The van der Waals surface area contributed by atoms with E-state index in [4.69, 9.17) is 4.52 Å². The zero-order chi connectivity index (χ0) is 12.3. The van der Waals surface area contributed by atoms with Crippen LogP contribution in [0.2, 0.25) is 0 Å². The predicted molar refractivity (Wildman–Crippen MR) is 58.2 cm³/mol. The largest absolute Gasteiger partial charge is 0.359 e. The smallest absolute Gasteiger partial charge is 0.291 e. The van der Waals surface area contributed by atoms with Gasteiger partial charge in [0.15, 0.2) is 5.76 Å². The Hall–Kier alpha value is -2.18. The lowest BCUT2D eigenvalue weighted by Gasteiger charge is -1.97. The number of nitrogens with zero attached hydrogens (tertiary/aromatic N) is 3. The lowest BCUT2D eigenvalue weighted by Crippen LogP contribution is -2.23. The second-order valence-corrected chi connectivity index (χ2v) is 3.58. The van der Waals surface area contributed by atoms with Crippen LogP contribution in [0.1, 0.15) is 34.8 Å². The monoisotopic (exact) mass is 235 g/mol. The lowest BCUT2D eigenvalue weighted by molar-refractivity contribution is 0.0937. The normalized spacial score (nSPS) is 10.5. The van der Waals surface area contributed by atoms with Crippen molar-refractivity contribution in [2.24, 2.45) is 0 Å². The molecule has 7 nitrogen and oxygen atoms in total. The maximum atomic E-state index is 11.6. The molecular weight excluding hydrogens is 222 g/mol. The first-order valence-electron chi connectivity index (χ1n) is 5.30. The molecule has 17 heavy (non-hydrogen) atoms. The Bertz CT molecular complexity index is 516. The number of carbonyl (C=O) groups excluding carboxylic acids is 1. The van der Waals surface area contributed by atoms with Crippen molar-refractivity contribution in [3.63, 3.8) is 0 Å². The zero-order valence-corrected chi connectivity index (χ0v) is 9.65. The molecule has 0 saturated carbocycles. The van der Waals surface area contributed by atoms with Gasteiger partial charge in [-0.3, -0.25) is 9.89 Å². The maximum absolute atomic E-state index is 11.6. The number of aryl methyl sites for hydroxylation is 2. The molecule has 2 rings (SSSR count). The van der Waals surface area contributed by atoms with Gasteiger partial charge in [-0.25, -0.2) is 4.98 Å². The quantitative estimate of drug-likeness (QED) is 0.808. The van der Waals surface area contributed by atoms with E-state index in [9.17, 15) is 4.79 Å². The van der Waals surface area contributed by atoms with Crippen LogP contribution in [0, 0.1) is 6.92 Å². The molecule has 0 unspecified atom stereocenters. The summed E-state index contributed by atoms with van der Waals surface area (Å²) in [6.45, 7) is 4.02. The van der Waals surface area contributed by atoms with Crippen molar-refractivity contribution in [1.29, 1.82) is 0 Å². The van der Waals surface area contributed by atoms with Crippen LogP contribution in [0.4, 0.5) is 0 Å². The molecular formula is C10H13N5O2. The zero-order valence-electron chi connectivity index (χ0n) is 9.65. The molecule has 90 valence electrons. The fraction of sp³-hybridized carbons (Fsp3) is 0.400. The highest BCUT2D eigenvalue weighted by Gasteiger charge is 2.12. The van der Waals surface area contributed by atoms with Crippen LogP contribution in [0.25, 0.3) is 0 Å². The molecule has 0 aliphatic heterocycles. The van der Waals surface area contributed by atoms with Crippen molar-refractivity contribution < 1.29 is 9.32 Å². The molecule has 0 bridgehead atoms. The number of amides is 1. The van der Waals surface area contributed by atoms with Crippen molar-refractivity contribution in [2.75, 3.05) is 0 Å². The molecule has 7 heteroatoms. The van der Waals surface area contributed by atoms with Gasteiger partial charge in [0, 0.05) is 12.5 Å². The Balaban J connectivity index is 1.93. The van der Waals surface area contributed by atoms with Crippen LogP contribution in [0.15, 0.2) is 10.6 Å². The van der Waals surface area contributed by atoms with E-state index in [0.717, 1.165) is 5.69 Å². The molecule has 0 saturated heterocycles. The lowest BCUT2D eigenvalue weighted by atomic mass is 10.4. The van der Waals surface area contributed by atoms with Gasteiger partial charge < -0.3 is 9.84 Å². The fourth-order valence-electron chi connectivity index (χ4n) is 1.30. The molecule has 0 aliphatic carbocycles. The summed E-state index contributed by atoms with van der Waals surface area (Å²) in [7, 11) is 0. The third kappa shape index (κ3) is 2.68. The van der Waals surface area contributed by atoms with Crippen molar-refractivity contribution in [3.8, 4) is 0 Å². The average Bonchev–Trinajstić information content (AvgIpc) is 2.94. The molecule has 0 radical (unpaired) electrons. The number of H-pyrrole nitrogens is 1. The summed E-state index contributed by atoms with van der Waals surface area (Å²) in [5, 5.41) is 12.9. The number of aromatic nitrogens is 4. The standard InChI is InChI=1S/C10H13N5O2/c1-3-8-12-9(14-13-8)10(16)11-5-7-4-6(2)15-17-7/h4H,3,5H2,1-2H3,(H,11,16)(H,12,13,14). The van der Waals surface area contributed by atoms with Crippen LogP contribution in [0.5, 0.6) is 0 Å². The van der Waals surface area contributed by atoms with Crippen molar-refractivity contribution >= 4 is 5.91 Å². The van der Waals surface area contributed by atoms with Crippen molar-refractivity contribution in [3.05, 3.63) is 29.2 Å². The fourth-order valence-corrected chi connectivity index (χ4v) is 1.30. The van der Waals surface area contributed by atoms with Gasteiger partial charge in [-0.05, 0) is 6.92 Å². The third-order valence-electron chi connectivity index (χ3n) is 2.17. The first-order valence-corrected chi connectivity index (χ1v) is 5.30. The molecule has 2 N–H and O–H groups in total. The molecule has 0 atom stereocenters. The second-order valence-electron chi connectivity index (χ2n) is 3.58. The summed E-state index contributed by atoms with van der Waals surface area (Å²) in [5.74, 6) is 1.08. The Kier molecular flexibility index (Phi) is 3.17. The first kappa shape index (κ1) is 11.3. The molecule has 0 spiro atoms. The van der Waals surface area contributed by atoms with Crippen LogP contribution < -0.4 is 5.32 Å². The number of nitrogens with one attached hydrogen (secondary N) is 2. The van der Waals surface area contributed by atoms with E-state index in [1.165, 1.54) is 0 Å². The summed E-state index contributed by atoms with van der Waals surface area (Å²) in [6, 6.07) is 1.76. The molecule has 2 aromatic rings. The highest BCUT2D eigenvalue weighted by atomic mass is 16.5. The van der Waals surface area contributed by atoms with Gasteiger partial charge in [-0.15, -0.1) is 5.10 Å². The summed E-state index contributed by atoms with van der Waals surface area (Å²) in [6.07, 6.45) is 0.710. The maximum Gasteiger partial charge on any atom is 0.291 e. The second kappa shape index (κ2) is 4.77. The number of hydrogen-bond acceptors (Lipinski definition) is 5. The Morgan fingerprint density at radius 2 is 2.41 bits per heavy atom. The molecule has 0 aliphatic rings. The van der Waals surface area contributed by atoms with Gasteiger partial charge in [-0.2, -0.15) is 0 Å². The summed E-state index contributed by atoms with van der Waals surface area (Å²) >= 11 is 0. The first-order chi connectivity index (χ1) is 8.19. The van der Waals surface area contributed by atoms with Gasteiger partial charge in [0.25, 0.3) is 5.91 Å². The molecule has 0 fully saturated rings. The van der Waals surface area contributed by atoms with Crippen LogP contribution in [0.3, 0.4) is 0 Å². The minimum Gasteiger partial charge on any atom is -0.359 e. The molecule has 2 aromatic heterocycles. The van der Waals surface area contributed by atoms with Gasteiger partial charge in [0.2, 0.25) is 5.82 Å². The summed E-state index contributed by atoms with van der Waals surface area (Å²) in [4.78, 5) is 15.7. The third-order valence-corrected chi connectivity index (χ3v) is 2.17. The van der Waals surface area contributed by atoms with E-state index >= 15 is 0 Å². The Morgan fingerprint density at radius 3 is 3.00 bits per heavy atom. The van der Waals surface area contributed by atoms with Gasteiger partial charge in [0.1, 0.15) is 5.82 Å². The predicted octanol–water partition coefficient (Wildman–Crippen LogP) is 0.594. The van der Waals surface area contributed by atoms with E-state index in [2.05, 4.69) is 25.7 Å². The summed E-state index contributed by atoms with van der Waals surface area (Å²) in [5.41, 5.74) is 0.778. The highest BCUT2D eigenvalue weighted by molar-refractivity contribution is 5.90. The van der Waals surface area contributed by atoms with Crippen molar-refractivity contribution in [2.45, 2.75) is 26.8 Å². The SMILES string of the molecule is CCc1nc(C(=O)NCc2cc(C)no2)n[nH]1. The molecule has 1 amide bonds. The number of hydrogen-bond donors (Lipinski definition) is 2. The van der Waals surface area contributed by atoms with Crippen LogP contribution in [-0.2, 0) is 13.0 Å². The average molecular weight is 235 g/mol.